The van der Waals surface area contributed by atoms with E-state index in [-0.39, 0.29) is 0 Å². The van der Waals surface area contributed by atoms with Crippen LogP contribution >= 0.6 is 0 Å². The van der Waals surface area contributed by atoms with Crippen molar-refractivity contribution in [3.8, 4) is 18.2 Å². The lowest BCUT2D eigenvalue weighted by molar-refractivity contribution is 0.313. The first kappa shape index (κ1) is 10.3. The van der Waals surface area contributed by atoms with Gasteiger partial charge in [0.25, 0.3) is 0 Å². The molecule has 74 valence electrons. The molecule has 0 aliphatic carbocycles. The summed E-state index contributed by atoms with van der Waals surface area (Å²) in [5, 5.41) is 0. The van der Waals surface area contributed by atoms with Gasteiger partial charge in [-0.3, -0.25) is 0 Å². The number of nitrogen functional groups attached to an aromatic ring is 1. The van der Waals surface area contributed by atoms with E-state index < -0.39 is 0 Å². The number of nitrogens with one attached hydrogen (secondary N) is 1. The number of hydrogen-bond acceptors (Lipinski definition) is 5. The number of anilines is 1. The van der Waals surface area contributed by atoms with Crippen molar-refractivity contribution in [3.05, 3.63) is 11.9 Å². The van der Waals surface area contributed by atoms with Crippen molar-refractivity contribution in [2.45, 2.75) is 13.3 Å². The highest BCUT2D eigenvalue weighted by Gasteiger charge is 2.00. The van der Waals surface area contributed by atoms with Gasteiger partial charge in [0.15, 0.2) is 0 Å². The molecule has 0 radical (unpaired) electrons. The first-order chi connectivity index (χ1) is 6.76. The van der Waals surface area contributed by atoms with Gasteiger partial charge in [0.1, 0.15) is 18.2 Å². The smallest absolute Gasteiger partial charge is 0.218 e. The summed E-state index contributed by atoms with van der Waals surface area (Å²) in [5.74, 6) is 9.27. The lowest BCUT2D eigenvalue weighted by Crippen LogP contribution is -2.10. The van der Waals surface area contributed by atoms with Gasteiger partial charge in [-0.15, -0.1) is 12.3 Å². The average Bonchev–Trinajstić information content (AvgIpc) is 2.17. The summed E-state index contributed by atoms with van der Waals surface area (Å²) >= 11 is 0. The highest BCUT2D eigenvalue weighted by atomic mass is 16.5. The average molecular weight is 192 g/mol. The Morgan fingerprint density at radius 3 is 3.07 bits per heavy atom. The second-order valence-corrected chi connectivity index (χ2v) is 2.59. The van der Waals surface area contributed by atoms with Gasteiger partial charge < -0.3 is 10.2 Å². The van der Waals surface area contributed by atoms with Crippen LogP contribution in [0.5, 0.6) is 5.88 Å². The Morgan fingerprint density at radius 2 is 2.43 bits per heavy atom. The quantitative estimate of drug-likeness (QED) is 0.314. The largest absolute Gasteiger partial charge is 0.477 e. The van der Waals surface area contributed by atoms with Crippen LogP contribution in [0.15, 0.2) is 6.07 Å². The number of nitrogens with two attached hydrogens (primary N) is 1. The van der Waals surface area contributed by atoms with Crippen molar-refractivity contribution in [2.75, 3.05) is 12.0 Å². The number of hydrogen-bond donors (Lipinski definition) is 2. The molecule has 1 aromatic rings. The lowest BCUT2D eigenvalue weighted by atomic mass is 10.5. The van der Waals surface area contributed by atoms with Gasteiger partial charge in [0.05, 0.1) is 0 Å². The first-order valence-electron chi connectivity index (χ1n) is 4.15. The van der Waals surface area contributed by atoms with E-state index in [4.69, 9.17) is 17.0 Å². The molecule has 0 amide bonds. The molecule has 5 heteroatoms. The third-order valence-corrected chi connectivity index (χ3v) is 1.46. The molecule has 0 saturated carbocycles. The summed E-state index contributed by atoms with van der Waals surface area (Å²) in [7, 11) is 0. The molecular formula is C9H12N4O. The summed E-state index contributed by atoms with van der Waals surface area (Å²) in [4.78, 5) is 8.07. The van der Waals surface area contributed by atoms with E-state index in [0.29, 0.717) is 30.5 Å². The molecule has 0 unspecified atom stereocenters. The molecule has 1 aromatic heterocycles. The van der Waals surface area contributed by atoms with Crippen LogP contribution in [0.2, 0.25) is 0 Å². The Morgan fingerprint density at radius 1 is 1.64 bits per heavy atom. The Labute approximate surface area is 82.7 Å². The molecule has 0 spiro atoms. The Kier molecular flexibility index (Phi) is 3.70. The zero-order chi connectivity index (χ0) is 10.4. The monoisotopic (exact) mass is 192 g/mol. The van der Waals surface area contributed by atoms with Crippen molar-refractivity contribution in [3.63, 3.8) is 0 Å². The fraction of sp³-hybridized carbons (Fsp3) is 0.333. The van der Waals surface area contributed by atoms with Gasteiger partial charge in [0.2, 0.25) is 5.88 Å². The molecule has 0 aliphatic rings. The number of ether oxygens (including phenoxy) is 1. The molecule has 1 heterocycles. The van der Waals surface area contributed by atoms with Gasteiger partial charge >= 0.3 is 0 Å². The van der Waals surface area contributed by atoms with Crippen LogP contribution in [0.1, 0.15) is 12.2 Å². The van der Waals surface area contributed by atoms with Crippen molar-refractivity contribution in [1.82, 2.24) is 9.97 Å². The number of aromatic nitrogens is 2. The van der Waals surface area contributed by atoms with Gasteiger partial charge in [-0.2, -0.15) is 4.98 Å². The van der Waals surface area contributed by atoms with E-state index >= 15 is 0 Å². The molecule has 0 fully saturated rings. The van der Waals surface area contributed by atoms with E-state index in [2.05, 4.69) is 21.3 Å². The zero-order valence-electron chi connectivity index (χ0n) is 7.95. The molecule has 3 N–H and O–H groups in total. The zero-order valence-corrected chi connectivity index (χ0v) is 7.95. The molecule has 0 bridgehead atoms. The van der Waals surface area contributed by atoms with Crippen LogP contribution in [0.4, 0.5) is 5.82 Å². The summed E-state index contributed by atoms with van der Waals surface area (Å²) in [6.07, 6.45) is 5.63. The highest BCUT2D eigenvalue weighted by molar-refractivity contribution is 5.36. The summed E-state index contributed by atoms with van der Waals surface area (Å²) in [6.45, 7) is 2.20. The third-order valence-electron chi connectivity index (χ3n) is 1.46. The number of terminal acetylenes is 1. The predicted octanol–water partition coefficient (Wildman–Crippen LogP) is 0.473. The second kappa shape index (κ2) is 5.04. The fourth-order valence-electron chi connectivity index (χ4n) is 0.903. The number of nitrogens with zero attached hydrogens (tertiary/aromatic N) is 2. The first-order valence-corrected chi connectivity index (χ1v) is 4.15. The molecule has 0 aliphatic heterocycles. The Hall–Kier alpha value is -1.80. The SMILES string of the molecule is C#CCCOc1cc(NN)nc(C)n1. The number of hydrazine groups is 1. The molecular weight excluding hydrogens is 180 g/mol. The van der Waals surface area contributed by atoms with Crippen LogP contribution < -0.4 is 16.0 Å². The van der Waals surface area contributed by atoms with Crippen LogP contribution in [0.3, 0.4) is 0 Å². The van der Waals surface area contributed by atoms with E-state index in [0.717, 1.165) is 0 Å². The minimum Gasteiger partial charge on any atom is -0.477 e. The number of aryl methyl sites for hydroxylation is 1. The van der Waals surface area contributed by atoms with E-state index in [1.54, 1.807) is 13.0 Å². The standard InChI is InChI=1S/C9H12N4O/c1-3-4-5-14-9-6-8(13-10)11-7(2)12-9/h1,6H,4-5,10H2,2H3,(H,11,12,13). The highest BCUT2D eigenvalue weighted by Crippen LogP contribution is 2.12. The van der Waals surface area contributed by atoms with Crippen molar-refractivity contribution in [2.24, 2.45) is 5.84 Å². The summed E-state index contributed by atoms with van der Waals surface area (Å²) < 4.78 is 5.28. The van der Waals surface area contributed by atoms with Crippen molar-refractivity contribution < 1.29 is 4.74 Å². The van der Waals surface area contributed by atoms with Gasteiger partial charge in [-0.25, -0.2) is 10.8 Å². The minimum atomic E-state index is 0.441. The molecule has 0 saturated heterocycles. The van der Waals surface area contributed by atoms with Gasteiger partial charge in [0, 0.05) is 12.5 Å². The Balaban J connectivity index is 2.67. The maximum absolute atomic E-state index is 5.28. The lowest BCUT2D eigenvalue weighted by Gasteiger charge is -2.05. The van der Waals surface area contributed by atoms with Crippen LogP contribution in [-0.4, -0.2) is 16.6 Å². The normalized spacial score (nSPS) is 9.21. The Bertz CT molecular complexity index is 345. The van der Waals surface area contributed by atoms with Crippen LogP contribution in [0.25, 0.3) is 0 Å². The maximum Gasteiger partial charge on any atom is 0.218 e. The van der Waals surface area contributed by atoms with Crippen molar-refractivity contribution >= 4 is 5.82 Å². The predicted molar refractivity (Wildman–Crippen MR) is 53.5 cm³/mol. The van der Waals surface area contributed by atoms with Crippen molar-refractivity contribution in [1.29, 1.82) is 0 Å². The maximum atomic E-state index is 5.28. The topological polar surface area (TPSA) is 73.1 Å². The van der Waals surface area contributed by atoms with E-state index in [1.165, 1.54) is 0 Å². The fourth-order valence-corrected chi connectivity index (χ4v) is 0.903. The van der Waals surface area contributed by atoms with Crippen LogP contribution in [0, 0.1) is 19.3 Å². The van der Waals surface area contributed by atoms with Crippen LogP contribution in [-0.2, 0) is 0 Å². The molecule has 5 nitrogen and oxygen atoms in total. The summed E-state index contributed by atoms with van der Waals surface area (Å²) in [5.41, 5.74) is 2.43. The van der Waals surface area contributed by atoms with E-state index in [1.807, 2.05) is 0 Å². The third kappa shape index (κ3) is 2.92. The minimum absolute atomic E-state index is 0.441. The number of rotatable bonds is 4. The van der Waals surface area contributed by atoms with Gasteiger partial charge in [-0.1, -0.05) is 0 Å². The molecule has 14 heavy (non-hydrogen) atoms. The summed E-state index contributed by atoms with van der Waals surface area (Å²) in [6, 6.07) is 1.61. The molecule has 0 atom stereocenters. The van der Waals surface area contributed by atoms with Gasteiger partial charge in [-0.05, 0) is 6.92 Å². The second-order valence-electron chi connectivity index (χ2n) is 2.59. The molecule has 0 aromatic carbocycles. The van der Waals surface area contributed by atoms with E-state index in [9.17, 15) is 0 Å². The molecule has 1 rings (SSSR count).